The summed E-state index contributed by atoms with van der Waals surface area (Å²) in [6.07, 6.45) is 1.52. The van der Waals surface area contributed by atoms with Crippen LogP contribution >= 0.6 is 0 Å². The van der Waals surface area contributed by atoms with Gasteiger partial charge in [0, 0.05) is 14.1 Å². The molecule has 0 radical (unpaired) electrons. The van der Waals surface area contributed by atoms with Gasteiger partial charge in [-0.15, -0.1) is 0 Å². The number of ketones is 1. The Morgan fingerprint density at radius 3 is 2.00 bits per heavy atom. The number of Topliss-reactive ketones (excluding diaryl/α,β-unsaturated/α-hetero) is 1. The molecule has 0 saturated heterocycles. The zero-order valence-corrected chi connectivity index (χ0v) is 10.4. The van der Waals surface area contributed by atoms with Crippen LogP contribution in [0.1, 0.15) is 19.8 Å². The van der Waals surface area contributed by atoms with Crippen molar-refractivity contribution in [3.05, 3.63) is 0 Å². The van der Waals surface area contributed by atoms with Crippen LogP contribution in [0.4, 0.5) is 0 Å². The van der Waals surface area contributed by atoms with Crippen molar-refractivity contribution < 1.29 is 9.59 Å². The first-order valence-electron chi connectivity index (χ1n) is 5.22. The fraction of sp³-hybridized carbons (Fsp3) is 0.818. The summed E-state index contributed by atoms with van der Waals surface area (Å²) < 4.78 is 0. The number of nitrogens with zero attached hydrogens (tertiary/aromatic N) is 2. The van der Waals surface area contributed by atoms with Crippen molar-refractivity contribution in [2.45, 2.75) is 19.8 Å². The van der Waals surface area contributed by atoms with E-state index in [9.17, 15) is 9.59 Å². The third-order valence-corrected chi connectivity index (χ3v) is 2.33. The van der Waals surface area contributed by atoms with Crippen molar-refractivity contribution >= 4 is 11.7 Å². The summed E-state index contributed by atoms with van der Waals surface area (Å²) in [6.45, 7) is 2.40. The Balaban J connectivity index is 4.18. The quantitative estimate of drug-likeness (QED) is 0.609. The molecule has 0 heterocycles. The van der Waals surface area contributed by atoms with Gasteiger partial charge in [0.15, 0.2) is 0 Å². The lowest BCUT2D eigenvalue weighted by Crippen LogP contribution is -2.34. The van der Waals surface area contributed by atoms with Crippen molar-refractivity contribution in [1.29, 1.82) is 0 Å². The van der Waals surface area contributed by atoms with Gasteiger partial charge < -0.3 is 9.80 Å². The number of amides is 1. The summed E-state index contributed by atoms with van der Waals surface area (Å²) >= 11 is 0. The highest BCUT2D eigenvalue weighted by Gasteiger charge is 2.23. The van der Waals surface area contributed by atoms with E-state index in [1.165, 1.54) is 11.8 Å². The van der Waals surface area contributed by atoms with Gasteiger partial charge in [-0.2, -0.15) is 0 Å². The lowest BCUT2D eigenvalue weighted by Gasteiger charge is -2.19. The lowest BCUT2D eigenvalue weighted by atomic mass is 9.97. The van der Waals surface area contributed by atoms with Crippen LogP contribution in [0.15, 0.2) is 0 Å². The molecule has 1 unspecified atom stereocenters. The average molecular weight is 214 g/mol. The van der Waals surface area contributed by atoms with Crippen molar-refractivity contribution in [3.63, 3.8) is 0 Å². The maximum Gasteiger partial charge on any atom is 0.232 e. The van der Waals surface area contributed by atoms with E-state index < -0.39 is 5.92 Å². The predicted octanol–water partition coefficient (Wildman–Crippen LogP) is 0.622. The van der Waals surface area contributed by atoms with Gasteiger partial charge in [-0.1, -0.05) is 0 Å². The Bertz CT molecular complexity index is 225. The van der Waals surface area contributed by atoms with Gasteiger partial charge in [-0.25, -0.2) is 0 Å². The van der Waals surface area contributed by atoms with Crippen LogP contribution in [0.2, 0.25) is 0 Å². The van der Waals surface area contributed by atoms with E-state index in [2.05, 4.69) is 4.90 Å². The Labute approximate surface area is 92.2 Å². The van der Waals surface area contributed by atoms with Crippen LogP contribution < -0.4 is 0 Å². The van der Waals surface area contributed by atoms with E-state index in [0.29, 0.717) is 6.42 Å². The van der Waals surface area contributed by atoms with Crippen LogP contribution in [-0.2, 0) is 9.59 Å². The molecule has 0 fully saturated rings. The summed E-state index contributed by atoms with van der Waals surface area (Å²) in [5.41, 5.74) is 0. The molecule has 0 spiro atoms. The molecule has 0 saturated carbocycles. The molecular weight excluding hydrogens is 192 g/mol. The highest BCUT2D eigenvalue weighted by Crippen LogP contribution is 2.10. The van der Waals surface area contributed by atoms with Crippen LogP contribution in [0.3, 0.4) is 0 Å². The number of carbonyl (C=O) groups is 2. The summed E-state index contributed by atoms with van der Waals surface area (Å²) in [4.78, 5) is 26.5. The van der Waals surface area contributed by atoms with E-state index >= 15 is 0 Å². The van der Waals surface area contributed by atoms with Crippen molar-refractivity contribution in [2.75, 3.05) is 34.7 Å². The highest BCUT2D eigenvalue weighted by atomic mass is 16.2. The lowest BCUT2D eigenvalue weighted by molar-refractivity contribution is -0.139. The number of carbonyl (C=O) groups excluding carboxylic acids is 2. The average Bonchev–Trinajstić information content (AvgIpc) is 2.10. The first-order valence-corrected chi connectivity index (χ1v) is 5.22. The molecular formula is C11H22N2O2. The minimum absolute atomic E-state index is 0.0348. The van der Waals surface area contributed by atoms with Gasteiger partial charge in [-0.05, 0) is 40.4 Å². The summed E-state index contributed by atoms with van der Waals surface area (Å²) in [5, 5.41) is 0. The Morgan fingerprint density at radius 1 is 1.13 bits per heavy atom. The van der Waals surface area contributed by atoms with Gasteiger partial charge >= 0.3 is 0 Å². The molecule has 0 aliphatic heterocycles. The molecule has 0 rings (SSSR count). The molecule has 15 heavy (non-hydrogen) atoms. The maximum atomic E-state index is 11.7. The van der Waals surface area contributed by atoms with E-state index in [4.69, 9.17) is 0 Å². The summed E-state index contributed by atoms with van der Waals surface area (Å²) in [6, 6.07) is 0. The van der Waals surface area contributed by atoms with Crippen LogP contribution in [0.25, 0.3) is 0 Å². The van der Waals surface area contributed by atoms with Crippen molar-refractivity contribution in [3.8, 4) is 0 Å². The van der Waals surface area contributed by atoms with Gasteiger partial charge in [0.05, 0.1) is 5.92 Å². The molecule has 0 bridgehead atoms. The summed E-state index contributed by atoms with van der Waals surface area (Å²) in [5.74, 6) is -0.575. The second kappa shape index (κ2) is 6.56. The third kappa shape index (κ3) is 5.52. The zero-order chi connectivity index (χ0) is 12.0. The first-order chi connectivity index (χ1) is 6.86. The molecule has 4 heteroatoms. The minimum Gasteiger partial charge on any atom is -0.348 e. The Morgan fingerprint density at radius 2 is 1.67 bits per heavy atom. The van der Waals surface area contributed by atoms with Crippen molar-refractivity contribution in [1.82, 2.24) is 9.80 Å². The van der Waals surface area contributed by atoms with Gasteiger partial charge in [-0.3, -0.25) is 9.59 Å². The first kappa shape index (κ1) is 14.1. The third-order valence-electron chi connectivity index (χ3n) is 2.33. The van der Waals surface area contributed by atoms with E-state index in [0.717, 1.165) is 13.0 Å². The smallest absolute Gasteiger partial charge is 0.232 e. The van der Waals surface area contributed by atoms with Gasteiger partial charge in [0.1, 0.15) is 5.78 Å². The van der Waals surface area contributed by atoms with E-state index in [1.54, 1.807) is 14.1 Å². The van der Waals surface area contributed by atoms with Crippen LogP contribution in [0.5, 0.6) is 0 Å². The Kier molecular flexibility index (Phi) is 6.17. The predicted molar refractivity (Wildman–Crippen MR) is 60.7 cm³/mol. The molecule has 0 aliphatic carbocycles. The normalized spacial score (nSPS) is 12.7. The standard InChI is InChI=1S/C11H22N2O2/c1-9(14)10(11(15)13(4)5)7-6-8-12(2)3/h10H,6-8H2,1-5H3. The zero-order valence-electron chi connectivity index (χ0n) is 10.4. The van der Waals surface area contributed by atoms with Crippen LogP contribution in [-0.4, -0.2) is 56.2 Å². The van der Waals surface area contributed by atoms with E-state index in [1.807, 2.05) is 14.1 Å². The number of hydrogen-bond acceptors (Lipinski definition) is 3. The molecule has 1 atom stereocenters. The second-order valence-corrected chi connectivity index (χ2v) is 4.34. The fourth-order valence-electron chi connectivity index (χ4n) is 1.42. The molecule has 0 aromatic heterocycles. The largest absolute Gasteiger partial charge is 0.348 e. The molecule has 1 amide bonds. The minimum atomic E-state index is -0.458. The van der Waals surface area contributed by atoms with Crippen LogP contribution in [0, 0.1) is 5.92 Å². The molecule has 88 valence electrons. The molecule has 0 aromatic carbocycles. The molecule has 4 nitrogen and oxygen atoms in total. The Hall–Kier alpha value is -0.900. The summed E-state index contributed by atoms with van der Waals surface area (Å²) in [7, 11) is 7.33. The van der Waals surface area contributed by atoms with Gasteiger partial charge in [0.2, 0.25) is 5.91 Å². The number of rotatable bonds is 6. The van der Waals surface area contributed by atoms with E-state index in [-0.39, 0.29) is 11.7 Å². The molecule has 0 N–H and O–H groups in total. The molecule has 0 aliphatic rings. The maximum absolute atomic E-state index is 11.7. The fourth-order valence-corrected chi connectivity index (χ4v) is 1.42. The second-order valence-electron chi connectivity index (χ2n) is 4.34. The topological polar surface area (TPSA) is 40.6 Å². The van der Waals surface area contributed by atoms with Crippen molar-refractivity contribution in [2.24, 2.45) is 5.92 Å². The highest BCUT2D eigenvalue weighted by molar-refractivity contribution is 5.99. The number of hydrogen-bond donors (Lipinski definition) is 0. The monoisotopic (exact) mass is 214 g/mol. The molecule has 0 aromatic rings. The van der Waals surface area contributed by atoms with Gasteiger partial charge in [0.25, 0.3) is 0 Å². The SMILES string of the molecule is CC(=O)C(CCCN(C)C)C(=O)N(C)C.